The van der Waals surface area contributed by atoms with Gasteiger partial charge in [0.25, 0.3) is 0 Å². The summed E-state index contributed by atoms with van der Waals surface area (Å²) < 4.78 is 0. The average molecular weight is 183 g/mol. The SMILES string of the molecule is C=CCN1CCCC(C)C1C(=O)O. The number of hydrogen-bond acceptors (Lipinski definition) is 2. The van der Waals surface area contributed by atoms with Crippen molar-refractivity contribution in [2.24, 2.45) is 5.92 Å². The minimum absolute atomic E-state index is 0.256. The molecule has 1 N–H and O–H groups in total. The van der Waals surface area contributed by atoms with E-state index in [1.54, 1.807) is 6.08 Å². The Hall–Kier alpha value is -0.830. The average Bonchev–Trinajstić information content (AvgIpc) is 2.04. The molecule has 0 aromatic carbocycles. The highest BCUT2D eigenvalue weighted by atomic mass is 16.4. The summed E-state index contributed by atoms with van der Waals surface area (Å²) in [5.41, 5.74) is 0. The lowest BCUT2D eigenvalue weighted by Gasteiger charge is -2.36. The van der Waals surface area contributed by atoms with Crippen molar-refractivity contribution in [3.63, 3.8) is 0 Å². The van der Waals surface area contributed by atoms with E-state index in [2.05, 4.69) is 6.58 Å². The minimum atomic E-state index is -0.700. The van der Waals surface area contributed by atoms with Gasteiger partial charge in [0.15, 0.2) is 0 Å². The van der Waals surface area contributed by atoms with Crippen molar-refractivity contribution in [1.29, 1.82) is 0 Å². The van der Waals surface area contributed by atoms with Crippen LogP contribution in [0, 0.1) is 5.92 Å². The van der Waals surface area contributed by atoms with Gasteiger partial charge in [-0.1, -0.05) is 13.0 Å². The van der Waals surface area contributed by atoms with Gasteiger partial charge in [-0.25, -0.2) is 0 Å². The normalized spacial score (nSPS) is 29.9. The minimum Gasteiger partial charge on any atom is -0.480 e. The van der Waals surface area contributed by atoms with Gasteiger partial charge in [0.2, 0.25) is 0 Å². The first-order valence-corrected chi connectivity index (χ1v) is 4.74. The number of piperidine rings is 1. The lowest BCUT2D eigenvalue weighted by atomic mass is 9.91. The van der Waals surface area contributed by atoms with Crippen molar-refractivity contribution in [3.05, 3.63) is 12.7 Å². The highest BCUT2D eigenvalue weighted by Crippen LogP contribution is 2.23. The molecule has 13 heavy (non-hydrogen) atoms. The van der Waals surface area contributed by atoms with E-state index < -0.39 is 5.97 Å². The maximum atomic E-state index is 11.0. The quantitative estimate of drug-likeness (QED) is 0.671. The van der Waals surface area contributed by atoms with E-state index in [1.807, 2.05) is 11.8 Å². The molecule has 3 nitrogen and oxygen atoms in total. The molecule has 0 aromatic heterocycles. The number of carboxylic acid groups (broad SMARTS) is 1. The van der Waals surface area contributed by atoms with E-state index in [0.717, 1.165) is 19.4 Å². The van der Waals surface area contributed by atoms with Crippen LogP contribution in [0.4, 0.5) is 0 Å². The lowest BCUT2D eigenvalue weighted by molar-refractivity contribution is -0.146. The summed E-state index contributed by atoms with van der Waals surface area (Å²) >= 11 is 0. The van der Waals surface area contributed by atoms with Crippen molar-refractivity contribution in [3.8, 4) is 0 Å². The molecule has 0 radical (unpaired) electrons. The lowest BCUT2D eigenvalue weighted by Crippen LogP contribution is -2.49. The molecule has 0 aliphatic carbocycles. The zero-order valence-corrected chi connectivity index (χ0v) is 8.07. The second-order valence-corrected chi connectivity index (χ2v) is 3.69. The van der Waals surface area contributed by atoms with Gasteiger partial charge in [-0.2, -0.15) is 0 Å². The first-order chi connectivity index (χ1) is 6.16. The largest absolute Gasteiger partial charge is 0.480 e. The van der Waals surface area contributed by atoms with E-state index in [9.17, 15) is 4.79 Å². The van der Waals surface area contributed by atoms with Crippen molar-refractivity contribution >= 4 is 5.97 Å². The topological polar surface area (TPSA) is 40.5 Å². The third-order valence-electron chi connectivity index (χ3n) is 2.65. The molecule has 0 spiro atoms. The van der Waals surface area contributed by atoms with Gasteiger partial charge in [0, 0.05) is 6.54 Å². The molecular weight excluding hydrogens is 166 g/mol. The highest BCUT2D eigenvalue weighted by molar-refractivity contribution is 5.74. The summed E-state index contributed by atoms with van der Waals surface area (Å²) in [6, 6.07) is -0.313. The molecule has 0 saturated carbocycles. The van der Waals surface area contributed by atoms with Crippen LogP contribution in [0.1, 0.15) is 19.8 Å². The van der Waals surface area contributed by atoms with Gasteiger partial charge < -0.3 is 5.11 Å². The standard InChI is InChI=1S/C10H17NO2/c1-3-6-11-7-4-5-8(2)9(11)10(12)13/h3,8-9H,1,4-7H2,2H3,(H,12,13). The van der Waals surface area contributed by atoms with Crippen LogP contribution < -0.4 is 0 Å². The Bertz CT molecular complexity index is 203. The molecule has 1 aliphatic rings. The molecule has 1 fully saturated rings. The number of carboxylic acids is 1. The van der Waals surface area contributed by atoms with Gasteiger partial charge in [-0.15, -0.1) is 6.58 Å². The molecule has 74 valence electrons. The Morgan fingerprint density at radius 3 is 3.00 bits per heavy atom. The van der Waals surface area contributed by atoms with Crippen LogP contribution in [0.15, 0.2) is 12.7 Å². The third kappa shape index (κ3) is 2.31. The van der Waals surface area contributed by atoms with E-state index in [1.165, 1.54) is 0 Å². The van der Waals surface area contributed by atoms with E-state index in [0.29, 0.717) is 6.54 Å². The van der Waals surface area contributed by atoms with Gasteiger partial charge >= 0.3 is 5.97 Å². The summed E-state index contributed by atoms with van der Waals surface area (Å²) in [4.78, 5) is 13.0. The van der Waals surface area contributed by atoms with Crippen LogP contribution in [-0.2, 0) is 4.79 Å². The monoisotopic (exact) mass is 183 g/mol. The predicted octanol–water partition coefficient (Wildman–Crippen LogP) is 1.36. The first-order valence-electron chi connectivity index (χ1n) is 4.74. The Morgan fingerprint density at radius 1 is 1.77 bits per heavy atom. The first kappa shape index (κ1) is 10.3. The van der Waals surface area contributed by atoms with E-state index in [-0.39, 0.29) is 12.0 Å². The van der Waals surface area contributed by atoms with Gasteiger partial charge in [-0.05, 0) is 25.3 Å². The maximum absolute atomic E-state index is 11.0. The van der Waals surface area contributed by atoms with Crippen LogP contribution >= 0.6 is 0 Å². The molecule has 0 amide bonds. The van der Waals surface area contributed by atoms with Crippen LogP contribution in [0.3, 0.4) is 0 Å². The number of carbonyl (C=O) groups is 1. The Labute approximate surface area is 79.0 Å². The smallest absolute Gasteiger partial charge is 0.321 e. The molecule has 1 saturated heterocycles. The Balaban J connectivity index is 2.67. The summed E-state index contributed by atoms with van der Waals surface area (Å²) in [6.07, 6.45) is 3.89. The van der Waals surface area contributed by atoms with E-state index in [4.69, 9.17) is 5.11 Å². The summed E-state index contributed by atoms with van der Waals surface area (Å²) in [6.45, 7) is 7.21. The van der Waals surface area contributed by atoms with Crippen LogP contribution in [-0.4, -0.2) is 35.1 Å². The number of aliphatic carboxylic acids is 1. The number of rotatable bonds is 3. The molecule has 1 aliphatic heterocycles. The summed E-state index contributed by atoms with van der Waals surface area (Å²) in [7, 11) is 0. The second-order valence-electron chi connectivity index (χ2n) is 3.69. The molecule has 0 bridgehead atoms. The zero-order valence-electron chi connectivity index (χ0n) is 8.07. The molecule has 2 unspecified atom stereocenters. The molecule has 2 atom stereocenters. The Morgan fingerprint density at radius 2 is 2.46 bits per heavy atom. The van der Waals surface area contributed by atoms with Gasteiger partial charge in [-0.3, -0.25) is 9.69 Å². The third-order valence-corrected chi connectivity index (χ3v) is 2.65. The fourth-order valence-electron chi connectivity index (χ4n) is 2.04. The summed E-state index contributed by atoms with van der Waals surface area (Å²) in [5, 5.41) is 9.03. The fraction of sp³-hybridized carbons (Fsp3) is 0.700. The molecule has 3 heteroatoms. The van der Waals surface area contributed by atoms with E-state index >= 15 is 0 Å². The molecule has 1 rings (SSSR count). The molecular formula is C10H17NO2. The predicted molar refractivity (Wildman–Crippen MR) is 51.6 cm³/mol. The van der Waals surface area contributed by atoms with Gasteiger partial charge in [0.05, 0.1) is 0 Å². The Kier molecular flexibility index (Phi) is 3.48. The van der Waals surface area contributed by atoms with Crippen molar-refractivity contribution in [1.82, 2.24) is 4.90 Å². The van der Waals surface area contributed by atoms with Gasteiger partial charge in [0.1, 0.15) is 6.04 Å². The number of nitrogens with zero attached hydrogens (tertiary/aromatic N) is 1. The fourth-order valence-corrected chi connectivity index (χ4v) is 2.04. The van der Waals surface area contributed by atoms with Crippen molar-refractivity contribution < 1.29 is 9.90 Å². The molecule has 1 heterocycles. The van der Waals surface area contributed by atoms with Crippen LogP contribution in [0.25, 0.3) is 0 Å². The van der Waals surface area contributed by atoms with Crippen LogP contribution in [0.5, 0.6) is 0 Å². The maximum Gasteiger partial charge on any atom is 0.321 e. The highest BCUT2D eigenvalue weighted by Gasteiger charge is 2.33. The zero-order chi connectivity index (χ0) is 9.84. The molecule has 0 aromatic rings. The van der Waals surface area contributed by atoms with Crippen LogP contribution in [0.2, 0.25) is 0 Å². The van der Waals surface area contributed by atoms with Crippen molar-refractivity contribution in [2.45, 2.75) is 25.8 Å². The second kappa shape index (κ2) is 4.42. The number of hydrogen-bond donors (Lipinski definition) is 1. The summed E-state index contributed by atoms with van der Waals surface area (Å²) in [5.74, 6) is -0.444. The van der Waals surface area contributed by atoms with Crippen molar-refractivity contribution in [2.75, 3.05) is 13.1 Å². The number of likely N-dealkylation sites (tertiary alicyclic amines) is 1.